The number of hydrogen-bond acceptors (Lipinski definition) is 6. The van der Waals surface area contributed by atoms with Gasteiger partial charge in [-0.25, -0.2) is 4.79 Å². The Morgan fingerprint density at radius 3 is 2.35 bits per heavy atom. The number of nitrogens with zero attached hydrogens (tertiary/aromatic N) is 3. The number of ether oxygens (including phenoxy) is 3. The molecule has 8 nitrogen and oxygen atoms in total. The average Bonchev–Trinajstić information content (AvgIpc) is 3.28. The van der Waals surface area contributed by atoms with Crippen LogP contribution in [-0.2, 0) is 22.4 Å². The smallest absolute Gasteiger partial charge is 0.422 e. The lowest BCUT2D eigenvalue weighted by Gasteiger charge is -2.32. The number of anilines is 1. The summed E-state index contributed by atoms with van der Waals surface area (Å²) in [6.45, 7) is 7.66. The van der Waals surface area contributed by atoms with E-state index in [0.29, 0.717) is 30.6 Å². The molecule has 2 amide bonds. The Hall–Kier alpha value is -3.94. The summed E-state index contributed by atoms with van der Waals surface area (Å²) >= 11 is 0. The third-order valence-electron chi connectivity index (χ3n) is 6.15. The summed E-state index contributed by atoms with van der Waals surface area (Å²) in [7, 11) is 0. The van der Waals surface area contributed by atoms with Crippen molar-refractivity contribution in [1.29, 1.82) is 5.26 Å². The molecule has 0 saturated heterocycles. The second kappa shape index (κ2) is 12.5. The number of alkyl halides is 3. The summed E-state index contributed by atoms with van der Waals surface area (Å²) in [4.78, 5) is 28.2. The Labute approximate surface area is 232 Å². The zero-order valence-corrected chi connectivity index (χ0v) is 23.3. The zero-order chi connectivity index (χ0) is 29.7. The molecule has 216 valence electrons. The van der Waals surface area contributed by atoms with Crippen LogP contribution in [0.1, 0.15) is 51.3 Å². The molecule has 11 heteroatoms. The molecule has 1 unspecified atom stereocenters. The third-order valence-corrected chi connectivity index (χ3v) is 6.15. The second-order valence-corrected chi connectivity index (χ2v) is 10.6. The molecule has 1 aliphatic heterocycles. The van der Waals surface area contributed by atoms with Gasteiger partial charge in [-0.05, 0) is 69.9 Å². The highest BCUT2D eigenvalue weighted by Crippen LogP contribution is 2.34. The lowest BCUT2D eigenvalue weighted by Crippen LogP contribution is -2.45. The lowest BCUT2D eigenvalue weighted by atomic mass is 9.98. The fraction of sp³-hybridized carbons (Fsp3) is 0.483. The van der Waals surface area contributed by atoms with E-state index in [1.54, 1.807) is 37.8 Å². The molecule has 1 aliphatic rings. The Balaban J connectivity index is 1.77. The van der Waals surface area contributed by atoms with Crippen molar-refractivity contribution >= 4 is 17.7 Å². The van der Waals surface area contributed by atoms with Crippen LogP contribution in [0, 0.1) is 11.3 Å². The van der Waals surface area contributed by atoms with Crippen molar-refractivity contribution in [3.05, 3.63) is 53.1 Å². The van der Waals surface area contributed by atoms with Gasteiger partial charge in [0.2, 0.25) is 5.91 Å². The molecular formula is C29H34F3N3O5. The van der Waals surface area contributed by atoms with Crippen molar-refractivity contribution in [2.75, 3.05) is 31.2 Å². The van der Waals surface area contributed by atoms with Gasteiger partial charge < -0.3 is 24.0 Å². The Morgan fingerprint density at radius 1 is 1.12 bits per heavy atom. The summed E-state index contributed by atoms with van der Waals surface area (Å²) < 4.78 is 54.1. The van der Waals surface area contributed by atoms with Gasteiger partial charge in [0, 0.05) is 19.5 Å². The number of amides is 2. The molecule has 40 heavy (non-hydrogen) atoms. The number of nitriles is 1. The Kier molecular flexibility index (Phi) is 9.56. The van der Waals surface area contributed by atoms with E-state index in [9.17, 15) is 28.0 Å². The van der Waals surface area contributed by atoms with Crippen LogP contribution < -0.4 is 14.4 Å². The van der Waals surface area contributed by atoms with Gasteiger partial charge in [0.05, 0.1) is 17.8 Å². The first kappa shape index (κ1) is 30.6. The maximum absolute atomic E-state index is 13.1. The summed E-state index contributed by atoms with van der Waals surface area (Å²) in [5.41, 5.74) is 2.00. The first-order valence-corrected chi connectivity index (χ1v) is 12.9. The number of carbonyl (C=O) groups excluding carboxylic acids is 2. The van der Waals surface area contributed by atoms with Gasteiger partial charge in [-0.2, -0.15) is 18.4 Å². The van der Waals surface area contributed by atoms with Crippen LogP contribution >= 0.6 is 0 Å². The zero-order valence-electron chi connectivity index (χ0n) is 23.3. The average molecular weight is 562 g/mol. The van der Waals surface area contributed by atoms with E-state index in [0.717, 1.165) is 11.1 Å². The molecule has 0 aromatic heterocycles. The monoisotopic (exact) mass is 561 g/mol. The first-order valence-electron chi connectivity index (χ1n) is 12.9. The van der Waals surface area contributed by atoms with Crippen LogP contribution in [0.4, 0.5) is 23.7 Å². The number of carbonyl (C=O) groups is 2. The van der Waals surface area contributed by atoms with E-state index >= 15 is 0 Å². The van der Waals surface area contributed by atoms with E-state index in [1.807, 2.05) is 13.0 Å². The second-order valence-electron chi connectivity index (χ2n) is 10.6. The fourth-order valence-corrected chi connectivity index (χ4v) is 4.50. The van der Waals surface area contributed by atoms with E-state index in [2.05, 4.69) is 6.07 Å². The van der Waals surface area contributed by atoms with Gasteiger partial charge in [-0.1, -0.05) is 18.2 Å². The van der Waals surface area contributed by atoms with Gasteiger partial charge in [0.1, 0.15) is 18.3 Å². The largest absolute Gasteiger partial charge is 0.488 e. The lowest BCUT2D eigenvalue weighted by molar-refractivity contribution is -0.153. The van der Waals surface area contributed by atoms with Crippen molar-refractivity contribution in [3.63, 3.8) is 0 Å². The topological polar surface area (TPSA) is 92.1 Å². The first-order chi connectivity index (χ1) is 18.7. The summed E-state index contributed by atoms with van der Waals surface area (Å²) in [6.07, 6.45) is -4.05. The van der Waals surface area contributed by atoms with Gasteiger partial charge in [-0.3, -0.25) is 4.79 Å². The highest BCUT2D eigenvalue weighted by atomic mass is 19.4. The molecule has 2 aromatic rings. The molecule has 0 N–H and O–H groups in total. The molecule has 0 bridgehead atoms. The molecule has 1 atom stereocenters. The maximum Gasteiger partial charge on any atom is 0.422 e. The number of halogens is 3. The number of fused-ring (bicyclic) bond motifs is 1. The number of benzene rings is 2. The molecule has 0 radical (unpaired) electrons. The number of hydrogen-bond donors (Lipinski definition) is 0. The van der Waals surface area contributed by atoms with Crippen LogP contribution in [0.5, 0.6) is 11.5 Å². The standard InChI is InChI=1S/C29H34F3N3O5/c1-19(14-21-15-22-10-11-35(20(2)36)26(22)23(16-21)17-33)34(27(37)40-28(3,4)5)12-13-38-24-8-6-7-9-25(24)39-18-29(30,31)32/h6-9,15-16,19H,10-14,18H2,1-5H3. The molecule has 1 heterocycles. The quantitative estimate of drug-likeness (QED) is 0.393. The maximum atomic E-state index is 13.1. The van der Waals surface area contributed by atoms with E-state index in [4.69, 9.17) is 14.2 Å². The predicted molar refractivity (Wildman–Crippen MR) is 142 cm³/mol. The van der Waals surface area contributed by atoms with E-state index < -0.39 is 24.5 Å². The van der Waals surface area contributed by atoms with Gasteiger partial charge in [-0.15, -0.1) is 0 Å². The Bertz CT molecular complexity index is 1270. The molecule has 0 saturated carbocycles. The molecule has 0 aliphatic carbocycles. The van der Waals surface area contributed by atoms with Crippen LogP contribution in [0.3, 0.4) is 0 Å². The van der Waals surface area contributed by atoms with Crippen molar-refractivity contribution in [2.45, 2.75) is 65.3 Å². The molecule has 3 rings (SSSR count). The summed E-state index contributed by atoms with van der Waals surface area (Å²) in [6, 6.07) is 11.5. The molecule has 2 aromatic carbocycles. The normalized spacial score (nSPS) is 13.7. The van der Waals surface area contributed by atoms with E-state index in [1.165, 1.54) is 30.0 Å². The summed E-state index contributed by atoms with van der Waals surface area (Å²) in [5, 5.41) is 9.75. The molecule has 0 spiro atoms. The minimum atomic E-state index is -4.50. The van der Waals surface area contributed by atoms with Crippen LogP contribution in [0.2, 0.25) is 0 Å². The molecular weight excluding hydrogens is 527 g/mol. The fourth-order valence-electron chi connectivity index (χ4n) is 4.50. The van der Waals surface area contributed by atoms with Crippen LogP contribution in [0.15, 0.2) is 36.4 Å². The van der Waals surface area contributed by atoms with Crippen molar-refractivity contribution in [2.24, 2.45) is 0 Å². The Morgan fingerprint density at radius 2 is 1.77 bits per heavy atom. The van der Waals surface area contributed by atoms with Crippen molar-refractivity contribution in [3.8, 4) is 17.6 Å². The summed E-state index contributed by atoms with van der Waals surface area (Å²) in [5.74, 6) is -0.0628. The van der Waals surface area contributed by atoms with Crippen LogP contribution in [0.25, 0.3) is 0 Å². The molecule has 0 fully saturated rings. The van der Waals surface area contributed by atoms with Gasteiger partial charge in [0.25, 0.3) is 0 Å². The van der Waals surface area contributed by atoms with E-state index in [-0.39, 0.29) is 36.6 Å². The van der Waals surface area contributed by atoms with Crippen molar-refractivity contribution in [1.82, 2.24) is 4.90 Å². The SMILES string of the molecule is CC(=O)N1CCc2cc(CC(C)N(CCOc3ccccc3OCC(F)(F)F)C(=O)OC(C)(C)C)cc(C#N)c21. The minimum Gasteiger partial charge on any atom is -0.488 e. The van der Waals surface area contributed by atoms with Gasteiger partial charge in [0.15, 0.2) is 18.1 Å². The highest BCUT2D eigenvalue weighted by molar-refractivity contribution is 5.95. The predicted octanol–water partition coefficient (Wildman–Crippen LogP) is 5.66. The number of para-hydroxylation sites is 2. The van der Waals surface area contributed by atoms with Gasteiger partial charge >= 0.3 is 12.3 Å². The number of rotatable bonds is 9. The highest BCUT2D eigenvalue weighted by Gasteiger charge is 2.30. The third kappa shape index (κ3) is 8.28. The minimum absolute atomic E-state index is 0.0306. The van der Waals surface area contributed by atoms with Crippen LogP contribution in [-0.4, -0.2) is 61.0 Å². The van der Waals surface area contributed by atoms with Crippen molar-refractivity contribution < 1.29 is 37.0 Å².